The zero-order valence-corrected chi connectivity index (χ0v) is 17.1. The van der Waals surface area contributed by atoms with Crippen LogP contribution in [0.2, 0.25) is 0 Å². The molecule has 0 saturated carbocycles. The van der Waals surface area contributed by atoms with Gasteiger partial charge in [0.05, 0.1) is 23.4 Å². The first-order chi connectivity index (χ1) is 15.0. The van der Waals surface area contributed by atoms with E-state index in [1.165, 1.54) is 0 Å². The number of hydrogen-bond donors (Lipinski definition) is 0. The molecule has 5 rings (SSSR count). The smallest absolute Gasteiger partial charge is 0.262 e. The molecule has 0 radical (unpaired) electrons. The van der Waals surface area contributed by atoms with Gasteiger partial charge in [-0.3, -0.25) is 19.3 Å². The van der Waals surface area contributed by atoms with Crippen LogP contribution >= 0.6 is 0 Å². The Morgan fingerprint density at radius 2 is 1.68 bits per heavy atom. The third kappa shape index (κ3) is 3.22. The van der Waals surface area contributed by atoms with E-state index in [4.69, 9.17) is 4.52 Å². The normalized spacial score (nSPS) is 16.3. The number of imide groups is 1. The molecule has 1 unspecified atom stereocenters. The maximum Gasteiger partial charge on any atom is 0.262 e. The predicted molar refractivity (Wildman–Crippen MR) is 111 cm³/mol. The van der Waals surface area contributed by atoms with Crippen LogP contribution in [0.25, 0.3) is 0 Å². The van der Waals surface area contributed by atoms with E-state index in [9.17, 15) is 14.4 Å². The van der Waals surface area contributed by atoms with Crippen LogP contribution in [0.15, 0.2) is 59.1 Å². The highest BCUT2D eigenvalue weighted by Crippen LogP contribution is 2.28. The molecule has 0 bridgehead atoms. The van der Waals surface area contributed by atoms with E-state index in [0.717, 1.165) is 21.7 Å². The summed E-state index contributed by atoms with van der Waals surface area (Å²) in [7, 11) is 0. The van der Waals surface area contributed by atoms with Crippen LogP contribution in [0.3, 0.4) is 0 Å². The molecule has 7 nitrogen and oxygen atoms in total. The Morgan fingerprint density at radius 1 is 1.03 bits per heavy atom. The molecule has 156 valence electrons. The fourth-order valence-electron chi connectivity index (χ4n) is 4.40. The second kappa shape index (κ2) is 7.50. The lowest BCUT2D eigenvalue weighted by atomic mass is 10.0. The number of carbonyl (C=O) groups is 3. The molecule has 0 aliphatic carbocycles. The average molecular weight is 415 g/mol. The fourth-order valence-corrected chi connectivity index (χ4v) is 4.40. The molecule has 3 heterocycles. The minimum absolute atomic E-state index is 0.254. The highest BCUT2D eigenvalue weighted by molar-refractivity contribution is 6.22. The SMILES string of the molecule is Cc1noc2c1CCN(C(=O)C(Cc1ccccc1)N1C(=O)c3ccccc3C1=O)C2. The van der Waals surface area contributed by atoms with Crippen molar-refractivity contribution in [2.75, 3.05) is 6.54 Å². The zero-order valence-electron chi connectivity index (χ0n) is 17.1. The first-order valence-electron chi connectivity index (χ1n) is 10.3. The van der Waals surface area contributed by atoms with Crippen molar-refractivity contribution in [1.29, 1.82) is 0 Å². The van der Waals surface area contributed by atoms with Crippen LogP contribution in [0, 0.1) is 6.92 Å². The van der Waals surface area contributed by atoms with Crippen molar-refractivity contribution in [2.24, 2.45) is 0 Å². The number of aryl methyl sites for hydroxylation is 1. The third-order valence-electron chi connectivity index (χ3n) is 6.04. The van der Waals surface area contributed by atoms with E-state index in [0.29, 0.717) is 29.9 Å². The van der Waals surface area contributed by atoms with Crippen molar-refractivity contribution in [3.63, 3.8) is 0 Å². The number of carbonyl (C=O) groups excluding carboxylic acids is 3. The maximum atomic E-state index is 13.7. The number of hydrogen-bond acceptors (Lipinski definition) is 5. The Kier molecular flexibility index (Phi) is 4.66. The van der Waals surface area contributed by atoms with Crippen molar-refractivity contribution in [3.8, 4) is 0 Å². The van der Waals surface area contributed by atoms with E-state index < -0.39 is 17.9 Å². The van der Waals surface area contributed by atoms with Crippen LogP contribution < -0.4 is 0 Å². The van der Waals surface area contributed by atoms with Gasteiger partial charge in [0.25, 0.3) is 11.8 Å². The first kappa shape index (κ1) is 19.2. The molecule has 31 heavy (non-hydrogen) atoms. The molecular weight excluding hydrogens is 394 g/mol. The molecule has 1 atom stereocenters. The van der Waals surface area contributed by atoms with Gasteiger partial charge in [0.2, 0.25) is 5.91 Å². The minimum atomic E-state index is -0.930. The van der Waals surface area contributed by atoms with Gasteiger partial charge in [-0.05, 0) is 31.0 Å². The standard InChI is InChI=1S/C24H21N3O4/c1-15-17-11-12-26(14-21(17)31-25-15)24(30)20(13-16-7-3-2-4-8-16)27-22(28)18-9-5-6-10-19(18)23(27)29/h2-10,20H,11-14H2,1H3. The van der Waals surface area contributed by atoms with E-state index in [1.807, 2.05) is 37.3 Å². The Hall–Kier alpha value is -3.74. The summed E-state index contributed by atoms with van der Waals surface area (Å²) in [6.07, 6.45) is 0.889. The number of amides is 3. The highest BCUT2D eigenvalue weighted by atomic mass is 16.5. The molecule has 0 fully saturated rings. The highest BCUT2D eigenvalue weighted by Gasteiger charge is 2.44. The van der Waals surface area contributed by atoms with Gasteiger partial charge in [-0.1, -0.05) is 47.6 Å². The summed E-state index contributed by atoms with van der Waals surface area (Å²) in [5.74, 6) is -0.456. The molecule has 3 aromatic rings. The summed E-state index contributed by atoms with van der Waals surface area (Å²) < 4.78 is 5.39. The summed E-state index contributed by atoms with van der Waals surface area (Å²) in [6.45, 7) is 2.66. The summed E-state index contributed by atoms with van der Waals surface area (Å²) in [6, 6.07) is 15.2. The molecule has 2 aliphatic heterocycles. The van der Waals surface area contributed by atoms with E-state index >= 15 is 0 Å². The van der Waals surface area contributed by atoms with Crippen molar-refractivity contribution >= 4 is 17.7 Å². The molecule has 2 aromatic carbocycles. The fraction of sp³-hybridized carbons (Fsp3) is 0.250. The molecule has 0 saturated heterocycles. The Labute approximate surface area is 179 Å². The van der Waals surface area contributed by atoms with Crippen LogP contribution in [0.4, 0.5) is 0 Å². The average Bonchev–Trinajstić information content (AvgIpc) is 3.29. The molecular formula is C24H21N3O4. The topological polar surface area (TPSA) is 83.7 Å². The van der Waals surface area contributed by atoms with Crippen molar-refractivity contribution in [3.05, 3.63) is 88.3 Å². The summed E-state index contributed by atoms with van der Waals surface area (Å²) in [5.41, 5.74) is 3.42. The Bertz CT molecular complexity index is 1150. The second-order valence-electron chi connectivity index (χ2n) is 7.91. The van der Waals surface area contributed by atoms with E-state index in [1.54, 1.807) is 29.2 Å². The zero-order chi connectivity index (χ0) is 21.5. The lowest BCUT2D eigenvalue weighted by Gasteiger charge is -2.33. The molecule has 1 aromatic heterocycles. The molecule has 0 spiro atoms. The van der Waals surface area contributed by atoms with Crippen LogP contribution in [0.1, 0.15) is 43.3 Å². The lowest BCUT2D eigenvalue weighted by molar-refractivity contribution is -0.136. The van der Waals surface area contributed by atoms with Crippen LogP contribution in [0.5, 0.6) is 0 Å². The van der Waals surface area contributed by atoms with Gasteiger partial charge in [0.15, 0.2) is 5.76 Å². The van der Waals surface area contributed by atoms with Crippen molar-refractivity contribution in [1.82, 2.24) is 15.0 Å². The monoisotopic (exact) mass is 415 g/mol. The number of aromatic nitrogens is 1. The number of benzene rings is 2. The second-order valence-corrected chi connectivity index (χ2v) is 7.91. The largest absolute Gasteiger partial charge is 0.359 e. The van der Waals surface area contributed by atoms with Crippen molar-refractivity contribution in [2.45, 2.75) is 32.4 Å². The van der Waals surface area contributed by atoms with E-state index in [-0.39, 0.29) is 18.9 Å². The van der Waals surface area contributed by atoms with Gasteiger partial charge in [-0.15, -0.1) is 0 Å². The van der Waals surface area contributed by atoms with Gasteiger partial charge in [0.1, 0.15) is 6.04 Å². The summed E-state index contributed by atoms with van der Waals surface area (Å²) >= 11 is 0. The molecule has 0 N–H and O–H groups in total. The minimum Gasteiger partial charge on any atom is -0.359 e. The molecule has 3 amide bonds. The Balaban J connectivity index is 1.49. The number of nitrogens with zero attached hydrogens (tertiary/aromatic N) is 3. The predicted octanol–water partition coefficient (Wildman–Crippen LogP) is 2.78. The summed E-state index contributed by atoms with van der Waals surface area (Å²) in [4.78, 5) is 42.7. The van der Waals surface area contributed by atoms with Crippen molar-refractivity contribution < 1.29 is 18.9 Å². The van der Waals surface area contributed by atoms with Gasteiger partial charge >= 0.3 is 0 Å². The van der Waals surface area contributed by atoms with Gasteiger partial charge < -0.3 is 9.42 Å². The van der Waals surface area contributed by atoms with E-state index in [2.05, 4.69) is 5.16 Å². The van der Waals surface area contributed by atoms with Gasteiger partial charge in [-0.2, -0.15) is 0 Å². The molecule has 2 aliphatic rings. The van der Waals surface area contributed by atoms with Crippen LogP contribution in [-0.2, 0) is 24.2 Å². The Morgan fingerprint density at radius 3 is 2.35 bits per heavy atom. The number of rotatable bonds is 4. The summed E-state index contributed by atoms with van der Waals surface area (Å²) in [5, 5.41) is 4.00. The van der Waals surface area contributed by atoms with Crippen LogP contribution in [-0.4, -0.2) is 45.3 Å². The van der Waals surface area contributed by atoms with Gasteiger partial charge in [-0.25, -0.2) is 0 Å². The number of fused-ring (bicyclic) bond motifs is 2. The third-order valence-corrected chi connectivity index (χ3v) is 6.04. The lowest BCUT2D eigenvalue weighted by Crippen LogP contribution is -2.52. The van der Waals surface area contributed by atoms with Gasteiger partial charge in [0, 0.05) is 18.5 Å². The maximum absolute atomic E-state index is 13.7. The molecule has 7 heteroatoms. The quantitative estimate of drug-likeness (QED) is 0.612. The first-order valence-corrected chi connectivity index (χ1v) is 10.3.